The molecule has 5 nitrogen and oxygen atoms in total. The molecule has 0 atom stereocenters. The van der Waals surface area contributed by atoms with Gasteiger partial charge >= 0.3 is 0 Å². The summed E-state index contributed by atoms with van der Waals surface area (Å²) in [6, 6.07) is 4.43. The number of hydrogen-bond acceptors (Lipinski definition) is 4. The predicted octanol–water partition coefficient (Wildman–Crippen LogP) is 0.943. The van der Waals surface area contributed by atoms with E-state index in [1.165, 1.54) is 18.2 Å². The van der Waals surface area contributed by atoms with Gasteiger partial charge in [0.05, 0.1) is 0 Å². The van der Waals surface area contributed by atoms with E-state index in [4.69, 9.17) is 10.2 Å². The lowest BCUT2D eigenvalue weighted by Crippen LogP contribution is -2.09. The van der Waals surface area contributed by atoms with Crippen LogP contribution in [-0.4, -0.2) is 16.1 Å². The van der Waals surface area contributed by atoms with Gasteiger partial charge in [0.1, 0.15) is 16.7 Å². The second-order valence-electron chi connectivity index (χ2n) is 2.79. The third kappa shape index (κ3) is 0.990. The highest BCUT2D eigenvalue weighted by molar-refractivity contribution is 6.02. The number of phenols is 1. The summed E-state index contributed by atoms with van der Waals surface area (Å²) in [7, 11) is 0. The first-order chi connectivity index (χ1) is 6.61. The summed E-state index contributed by atoms with van der Waals surface area (Å²) in [6.45, 7) is 0. The fraction of sp³-hybridized carbons (Fsp3) is 0. The Morgan fingerprint density at radius 1 is 1.36 bits per heavy atom. The van der Waals surface area contributed by atoms with Gasteiger partial charge in [-0.3, -0.25) is 4.79 Å². The number of carbonyl (C=O) groups is 1. The van der Waals surface area contributed by atoms with Crippen molar-refractivity contribution in [3.63, 3.8) is 0 Å². The van der Waals surface area contributed by atoms with E-state index in [-0.39, 0.29) is 22.5 Å². The van der Waals surface area contributed by atoms with Gasteiger partial charge in [-0.1, -0.05) is 6.07 Å². The van der Waals surface area contributed by atoms with Gasteiger partial charge in [-0.2, -0.15) is 0 Å². The van der Waals surface area contributed by atoms with Crippen LogP contribution in [0.15, 0.2) is 22.6 Å². The Morgan fingerprint density at radius 2 is 2.07 bits per heavy atom. The molecule has 2 rings (SSSR count). The van der Waals surface area contributed by atoms with E-state index in [0.29, 0.717) is 0 Å². The number of amides is 1. The van der Waals surface area contributed by atoms with Crippen molar-refractivity contribution in [2.75, 3.05) is 0 Å². The molecule has 1 heterocycles. The Morgan fingerprint density at radius 3 is 2.64 bits per heavy atom. The topological polar surface area (TPSA) is 96.7 Å². The number of carbonyl (C=O) groups excluding carboxylic acids is 1. The number of fused-ring (bicyclic) bond motifs is 1. The predicted molar refractivity (Wildman–Crippen MR) is 48.1 cm³/mol. The highest BCUT2D eigenvalue weighted by Crippen LogP contribution is 2.37. The number of benzene rings is 1. The lowest BCUT2D eigenvalue weighted by molar-refractivity contribution is 0.0972. The van der Waals surface area contributed by atoms with Gasteiger partial charge in [-0.05, 0) is 12.1 Å². The fourth-order valence-corrected chi connectivity index (χ4v) is 1.28. The molecule has 4 N–H and O–H groups in total. The first-order valence-corrected chi connectivity index (χ1v) is 3.84. The van der Waals surface area contributed by atoms with E-state index in [1.54, 1.807) is 0 Å². The van der Waals surface area contributed by atoms with E-state index in [2.05, 4.69) is 0 Å². The SMILES string of the molecule is NC(=O)c1oc2cccc(O)c2c1O. The van der Waals surface area contributed by atoms with Crippen molar-refractivity contribution in [2.45, 2.75) is 0 Å². The normalized spacial score (nSPS) is 10.6. The van der Waals surface area contributed by atoms with Crippen molar-refractivity contribution in [1.82, 2.24) is 0 Å². The molecule has 1 amide bonds. The molecule has 1 aromatic heterocycles. The summed E-state index contributed by atoms with van der Waals surface area (Å²) in [5.41, 5.74) is 5.17. The van der Waals surface area contributed by atoms with E-state index < -0.39 is 11.7 Å². The second-order valence-corrected chi connectivity index (χ2v) is 2.79. The molecule has 0 saturated heterocycles. The van der Waals surface area contributed by atoms with Crippen LogP contribution in [-0.2, 0) is 0 Å². The number of primary amides is 1. The molecule has 0 fully saturated rings. The number of furan rings is 1. The van der Waals surface area contributed by atoms with Crippen molar-refractivity contribution >= 4 is 16.9 Å². The summed E-state index contributed by atoms with van der Waals surface area (Å²) in [5.74, 6) is -1.80. The summed E-state index contributed by atoms with van der Waals surface area (Å²) in [5, 5.41) is 19.0. The van der Waals surface area contributed by atoms with Crippen LogP contribution in [0.5, 0.6) is 11.5 Å². The number of phenolic OH excluding ortho intramolecular Hbond substituents is 1. The van der Waals surface area contributed by atoms with Crippen LogP contribution in [0.2, 0.25) is 0 Å². The van der Waals surface area contributed by atoms with E-state index in [0.717, 1.165) is 0 Å². The highest BCUT2D eigenvalue weighted by atomic mass is 16.4. The lowest BCUT2D eigenvalue weighted by Gasteiger charge is -1.92. The van der Waals surface area contributed by atoms with Crippen LogP contribution in [0, 0.1) is 0 Å². The van der Waals surface area contributed by atoms with Crippen LogP contribution < -0.4 is 5.73 Å². The Hall–Kier alpha value is -2.17. The zero-order chi connectivity index (χ0) is 10.3. The quantitative estimate of drug-likeness (QED) is 0.627. The summed E-state index contributed by atoms with van der Waals surface area (Å²) >= 11 is 0. The molecule has 0 aliphatic carbocycles. The van der Waals surface area contributed by atoms with Gasteiger partial charge in [-0.15, -0.1) is 0 Å². The average Bonchev–Trinajstić information content (AvgIpc) is 2.45. The van der Waals surface area contributed by atoms with Crippen molar-refractivity contribution < 1.29 is 19.4 Å². The van der Waals surface area contributed by atoms with Crippen LogP contribution in [0.25, 0.3) is 11.0 Å². The van der Waals surface area contributed by atoms with Gasteiger partial charge < -0.3 is 20.4 Å². The highest BCUT2D eigenvalue weighted by Gasteiger charge is 2.19. The number of nitrogens with two attached hydrogens (primary N) is 1. The zero-order valence-electron chi connectivity index (χ0n) is 7.02. The maximum absolute atomic E-state index is 10.8. The van der Waals surface area contributed by atoms with E-state index >= 15 is 0 Å². The maximum Gasteiger partial charge on any atom is 0.288 e. The Labute approximate surface area is 78.4 Å². The molecule has 0 saturated carbocycles. The Kier molecular flexibility index (Phi) is 1.60. The molecule has 5 heteroatoms. The smallest absolute Gasteiger partial charge is 0.288 e. The van der Waals surface area contributed by atoms with Gasteiger partial charge in [0.2, 0.25) is 5.76 Å². The summed E-state index contributed by atoms with van der Waals surface area (Å²) in [6.07, 6.45) is 0. The van der Waals surface area contributed by atoms with Crippen LogP contribution in [0.3, 0.4) is 0 Å². The van der Waals surface area contributed by atoms with Crippen molar-refractivity contribution in [3.05, 3.63) is 24.0 Å². The van der Waals surface area contributed by atoms with Gasteiger partial charge in [0, 0.05) is 0 Å². The molecule has 0 aliphatic heterocycles. The fourth-order valence-electron chi connectivity index (χ4n) is 1.28. The van der Waals surface area contributed by atoms with Gasteiger partial charge in [0.15, 0.2) is 5.75 Å². The average molecular weight is 193 g/mol. The van der Waals surface area contributed by atoms with Crippen LogP contribution in [0.4, 0.5) is 0 Å². The Bertz CT molecular complexity index is 515. The van der Waals surface area contributed by atoms with Crippen LogP contribution in [0.1, 0.15) is 10.6 Å². The number of hydrogen-bond donors (Lipinski definition) is 3. The lowest BCUT2D eigenvalue weighted by atomic mass is 10.2. The Balaban J connectivity index is 2.87. The van der Waals surface area contributed by atoms with Crippen LogP contribution >= 0.6 is 0 Å². The molecule has 0 unspecified atom stereocenters. The van der Waals surface area contributed by atoms with Gasteiger partial charge in [0.25, 0.3) is 5.91 Å². The third-order valence-electron chi connectivity index (χ3n) is 1.89. The van der Waals surface area contributed by atoms with Gasteiger partial charge in [-0.25, -0.2) is 0 Å². The van der Waals surface area contributed by atoms with Crippen molar-refractivity contribution in [1.29, 1.82) is 0 Å². The number of aromatic hydroxyl groups is 2. The first-order valence-electron chi connectivity index (χ1n) is 3.84. The molecule has 72 valence electrons. The third-order valence-corrected chi connectivity index (χ3v) is 1.89. The first kappa shape index (κ1) is 8.43. The molecule has 0 aliphatic rings. The van der Waals surface area contributed by atoms with Crippen molar-refractivity contribution in [3.8, 4) is 11.5 Å². The summed E-state index contributed by atoms with van der Waals surface area (Å²) in [4.78, 5) is 10.8. The molecule has 14 heavy (non-hydrogen) atoms. The minimum absolute atomic E-state index is 0.0984. The second kappa shape index (κ2) is 2.66. The largest absolute Gasteiger partial charge is 0.507 e. The van der Waals surface area contributed by atoms with E-state index in [9.17, 15) is 15.0 Å². The molecule has 1 aromatic carbocycles. The minimum Gasteiger partial charge on any atom is -0.507 e. The monoisotopic (exact) mass is 193 g/mol. The standard InChI is InChI=1S/C9H7NO4/c10-9(13)8-7(12)6-4(11)2-1-3-5(6)14-8/h1-3,11-12H,(H2,10,13). The summed E-state index contributed by atoms with van der Waals surface area (Å²) < 4.78 is 4.96. The molecular formula is C9H7NO4. The van der Waals surface area contributed by atoms with Crippen molar-refractivity contribution in [2.24, 2.45) is 5.73 Å². The molecule has 2 aromatic rings. The molecular weight excluding hydrogens is 186 g/mol. The number of rotatable bonds is 1. The maximum atomic E-state index is 10.8. The molecule has 0 radical (unpaired) electrons. The molecule has 0 bridgehead atoms. The minimum atomic E-state index is -0.877. The van der Waals surface area contributed by atoms with E-state index in [1.807, 2.05) is 0 Å². The zero-order valence-corrected chi connectivity index (χ0v) is 7.02. The molecule has 0 spiro atoms.